The van der Waals surface area contributed by atoms with Crippen LogP contribution in [0.15, 0.2) is 0 Å². The van der Waals surface area contributed by atoms with Crippen LogP contribution in [0.3, 0.4) is 0 Å². The largest absolute Gasteiger partial charge is 0.503 e. The third kappa shape index (κ3) is 3.68. The van der Waals surface area contributed by atoms with E-state index >= 15 is 0 Å². The van der Waals surface area contributed by atoms with Crippen LogP contribution in [0.25, 0.3) is 0 Å². The number of hydrogen-bond acceptors (Lipinski definition) is 4. The molecule has 0 saturated carbocycles. The Morgan fingerprint density at radius 2 is 1.81 bits per heavy atom. The Hall–Kier alpha value is 0.347. The number of hydrogen-bond donors (Lipinski definition) is 0. The van der Waals surface area contributed by atoms with E-state index in [2.05, 4.69) is 0 Å². The van der Waals surface area contributed by atoms with Gasteiger partial charge in [-0.15, -0.1) is 0 Å². The molecule has 0 spiro atoms. The summed E-state index contributed by atoms with van der Waals surface area (Å²) < 4.78 is 22.6. The van der Waals surface area contributed by atoms with Gasteiger partial charge >= 0.3 is 8.80 Å². The lowest BCUT2D eigenvalue weighted by atomic mass is 10.3. The molecule has 96 valence electrons. The van der Waals surface area contributed by atoms with Gasteiger partial charge in [-0.1, -0.05) is 11.6 Å². The van der Waals surface area contributed by atoms with Crippen molar-refractivity contribution in [2.75, 3.05) is 19.8 Å². The minimum atomic E-state index is -2.61. The summed E-state index contributed by atoms with van der Waals surface area (Å²) in [6.45, 7) is 7.43. The maximum Gasteiger partial charge on any atom is 0.503 e. The molecule has 0 amide bonds. The van der Waals surface area contributed by atoms with Crippen LogP contribution in [-0.4, -0.2) is 33.9 Å². The number of rotatable bonds is 6. The molecule has 1 rings (SSSR count). The van der Waals surface area contributed by atoms with Crippen LogP contribution in [0, 0.1) is 0 Å². The fourth-order valence-corrected chi connectivity index (χ4v) is 5.15. The van der Waals surface area contributed by atoms with Crippen molar-refractivity contribution in [1.82, 2.24) is 0 Å². The van der Waals surface area contributed by atoms with Crippen LogP contribution < -0.4 is 0 Å². The molecule has 1 heterocycles. The topological polar surface area (TPSA) is 36.9 Å². The predicted octanol–water partition coefficient (Wildman–Crippen LogP) is 2.74. The second kappa shape index (κ2) is 6.33. The highest BCUT2D eigenvalue weighted by molar-refractivity contribution is 6.61. The van der Waals surface area contributed by atoms with E-state index in [-0.39, 0.29) is 0 Å². The second-order valence-electron chi connectivity index (χ2n) is 3.60. The van der Waals surface area contributed by atoms with Crippen molar-refractivity contribution in [2.45, 2.75) is 44.9 Å². The average molecular weight is 269 g/mol. The Bertz CT molecular complexity index is 201. The van der Waals surface area contributed by atoms with Gasteiger partial charge in [0.25, 0.3) is 0 Å². The van der Waals surface area contributed by atoms with Gasteiger partial charge < -0.3 is 18.0 Å². The molecule has 1 fully saturated rings. The van der Waals surface area contributed by atoms with E-state index in [4.69, 9.17) is 29.6 Å². The molecular formula is C10H21ClO4Si. The lowest BCUT2D eigenvalue weighted by Gasteiger charge is -2.40. The minimum Gasteiger partial charge on any atom is -0.374 e. The zero-order chi connectivity index (χ0) is 12.1. The smallest absolute Gasteiger partial charge is 0.374 e. The molecule has 1 atom stereocenters. The first kappa shape index (κ1) is 14.4. The van der Waals surface area contributed by atoms with Crippen LogP contribution in [0.4, 0.5) is 0 Å². The number of halogens is 1. The SMILES string of the molecule is CCOC1(Cl)CCC[Si](OCC)(OCC)O1. The maximum absolute atomic E-state index is 6.26. The number of alkyl halides is 1. The van der Waals surface area contributed by atoms with Gasteiger partial charge in [0.15, 0.2) is 0 Å². The summed E-state index contributed by atoms with van der Waals surface area (Å²) >= 11 is 6.26. The average Bonchev–Trinajstić information content (AvgIpc) is 2.18. The summed E-state index contributed by atoms with van der Waals surface area (Å²) in [6, 6.07) is 0.816. The molecule has 1 saturated heterocycles. The van der Waals surface area contributed by atoms with Crippen molar-refractivity contribution < 1.29 is 18.0 Å². The normalized spacial score (nSPS) is 29.2. The van der Waals surface area contributed by atoms with Crippen LogP contribution in [-0.2, 0) is 18.0 Å². The van der Waals surface area contributed by atoms with E-state index in [1.807, 2.05) is 20.8 Å². The van der Waals surface area contributed by atoms with Gasteiger partial charge in [-0.2, -0.15) is 0 Å². The molecule has 0 N–H and O–H groups in total. The Labute approximate surface area is 104 Å². The lowest BCUT2D eigenvalue weighted by molar-refractivity contribution is -0.164. The number of ether oxygens (including phenoxy) is 1. The molecule has 0 aliphatic carbocycles. The second-order valence-corrected chi connectivity index (χ2v) is 6.82. The summed E-state index contributed by atoms with van der Waals surface area (Å²) in [5, 5.41) is -1.05. The Morgan fingerprint density at radius 1 is 1.19 bits per heavy atom. The fourth-order valence-electron chi connectivity index (χ4n) is 1.85. The Balaban J connectivity index is 2.69. The molecule has 16 heavy (non-hydrogen) atoms. The first-order valence-electron chi connectivity index (χ1n) is 5.90. The molecule has 0 aromatic carbocycles. The highest BCUT2D eigenvalue weighted by Crippen LogP contribution is 2.38. The van der Waals surface area contributed by atoms with Crippen LogP contribution in [0.5, 0.6) is 0 Å². The van der Waals surface area contributed by atoms with E-state index in [1.54, 1.807) is 0 Å². The third-order valence-electron chi connectivity index (χ3n) is 2.35. The zero-order valence-electron chi connectivity index (χ0n) is 10.3. The molecule has 0 aromatic rings. The Kier molecular flexibility index (Phi) is 5.70. The standard InChI is InChI=1S/C10H21ClO4Si/c1-4-12-10(11)8-7-9-16(15-10,13-5-2)14-6-3/h4-9H2,1-3H3. The molecule has 1 unspecified atom stereocenters. The Morgan fingerprint density at radius 3 is 2.31 bits per heavy atom. The summed E-state index contributed by atoms with van der Waals surface area (Å²) in [7, 11) is -2.61. The summed E-state index contributed by atoms with van der Waals surface area (Å²) in [5.74, 6) is 0. The van der Waals surface area contributed by atoms with Crippen LogP contribution in [0.1, 0.15) is 33.6 Å². The van der Waals surface area contributed by atoms with Crippen molar-refractivity contribution in [3.05, 3.63) is 0 Å². The third-order valence-corrected chi connectivity index (χ3v) is 5.92. The van der Waals surface area contributed by atoms with Crippen LogP contribution in [0.2, 0.25) is 6.04 Å². The van der Waals surface area contributed by atoms with Crippen LogP contribution >= 0.6 is 11.6 Å². The summed E-state index contributed by atoms with van der Waals surface area (Å²) in [5.41, 5.74) is 0. The van der Waals surface area contributed by atoms with Gasteiger partial charge in [0.1, 0.15) is 0 Å². The van der Waals surface area contributed by atoms with Gasteiger partial charge in [-0.05, 0) is 27.2 Å². The zero-order valence-corrected chi connectivity index (χ0v) is 12.0. The highest BCUT2D eigenvalue weighted by Gasteiger charge is 2.52. The van der Waals surface area contributed by atoms with Crippen molar-refractivity contribution in [3.63, 3.8) is 0 Å². The first-order chi connectivity index (χ1) is 7.60. The summed E-state index contributed by atoms with van der Waals surface area (Å²) in [4.78, 5) is 0. The van der Waals surface area contributed by atoms with Crippen molar-refractivity contribution >= 4 is 20.4 Å². The molecule has 6 heteroatoms. The quantitative estimate of drug-likeness (QED) is 0.548. The minimum absolute atomic E-state index is 0.520. The molecule has 1 aliphatic rings. The van der Waals surface area contributed by atoms with E-state index in [1.165, 1.54) is 0 Å². The summed E-state index contributed by atoms with van der Waals surface area (Å²) in [6.07, 6.45) is 1.59. The monoisotopic (exact) mass is 268 g/mol. The van der Waals surface area contributed by atoms with Crippen molar-refractivity contribution in [3.8, 4) is 0 Å². The molecule has 0 radical (unpaired) electrons. The van der Waals surface area contributed by atoms with E-state index < -0.39 is 14.1 Å². The van der Waals surface area contributed by atoms with Gasteiger partial charge in [-0.25, -0.2) is 0 Å². The molecule has 1 aliphatic heterocycles. The van der Waals surface area contributed by atoms with E-state index in [0.29, 0.717) is 26.2 Å². The predicted molar refractivity (Wildman–Crippen MR) is 64.3 cm³/mol. The first-order valence-corrected chi connectivity index (χ1v) is 8.21. The van der Waals surface area contributed by atoms with Crippen molar-refractivity contribution in [2.24, 2.45) is 0 Å². The fraction of sp³-hybridized carbons (Fsp3) is 1.00. The van der Waals surface area contributed by atoms with Gasteiger partial charge in [0.05, 0.1) is 0 Å². The van der Waals surface area contributed by atoms with E-state index in [0.717, 1.165) is 12.5 Å². The molecule has 4 nitrogen and oxygen atoms in total. The maximum atomic E-state index is 6.26. The van der Waals surface area contributed by atoms with Gasteiger partial charge in [-0.3, -0.25) is 0 Å². The lowest BCUT2D eigenvalue weighted by Crippen LogP contribution is -2.55. The van der Waals surface area contributed by atoms with E-state index in [9.17, 15) is 0 Å². The highest BCUT2D eigenvalue weighted by atomic mass is 35.5. The molecular weight excluding hydrogens is 248 g/mol. The van der Waals surface area contributed by atoms with Crippen molar-refractivity contribution in [1.29, 1.82) is 0 Å². The van der Waals surface area contributed by atoms with Gasteiger partial charge in [0, 0.05) is 32.3 Å². The molecule has 0 bridgehead atoms. The molecule has 0 aromatic heterocycles. The van der Waals surface area contributed by atoms with Gasteiger partial charge in [0.2, 0.25) is 5.25 Å².